The lowest BCUT2D eigenvalue weighted by molar-refractivity contribution is 0.306. The van der Waals surface area contributed by atoms with E-state index in [0.717, 1.165) is 23.5 Å². The second-order valence-electron chi connectivity index (χ2n) is 4.84. The third-order valence-electron chi connectivity index (χ3n) is 3.52. The van der Waals surface area contributed by atoms with E-state index in [1.807, 2.05) is 18.7 Å². The van der Waals surface area contributed by atoms with Crippen LogP contribution in [-0.4, -0.2) is 33.1 Å². The van der Waals surface area contributed by atoms with Crippen molar-refractivity contribution >= 4 is 31.9 Å². The van der Waals surface area contributed by atoms with Crippen LogP contribution < -0.4 is 0 Å². The molecule has 1 aromatic heterocycles. The molecule has 0 bridgehead atoms. The Bertz CT molecular complexity index is 389. The van der Waals surface area contributed by atoms with Crippen molar-refractivity contribution in [2.24, 2.45) is 13.0 Å². The van der Waals surface area contributed by atoms with Gasteiger partial charge in [0, 0.05) is 25.5 Å². The SMILES string of the molecule is Cc1nn(C)c(CN2CCC(CCBr)C2)c1Br. The maximum absolute atomic E-state index is 4.44. The second kappa shape index (κ2) is 5.85. The molecule has 96 valence electrons. The first-order valence-corrected chi connectivity index (χ1v) is 7.99. The van der Waals surface area contributed by atoms with Crippen molar-refractivity contribution in [1.29, 1.82) is 0 Å². The summed E-state index contributed by atoms with van der Waals surface area (Å²) in [6, 6.07) is 0. The largest absolute Gasteiger partial charge is 0.297 e. The molecule has 0 radical (unpaired) electrons. The number of likely N-dealkylation sites (tertiary alicyclic amines) is 1. The van der Waals surface area contributed by atoms with E-state index in [2.05, 4.69) is 41.9 Å². The number of rotatable bonds is 4. The molecule has 1 atom stereocenters. The first-order valence-electron chi connectivity index (χ1n) is 6.08. The molecule has 2 rings (SSSR count). The average Bonchev–Trinajstić information content (AvgIpc) is 2.81. The van der Waals surface area contributed by atoms with Crippen LogP contribution in [0.25, 0.3) is 0 Å². The molecule has 5 heteroatoms. The minimum Gasteiger partial charge on any atom is -0.297 e. The summed E-state index contributed by atoms with van der Waals surface area (Å²) in [5, 5.41) is 5.57. The van der Waals surface area contributed by atoms with Crippen molar-refractivity contribution in [1.82, 2.24) is 14.7 Å². The van der Waals surface area contributed by atoms with Crippen molar-refractivity contribution < 1.29 is 0 Å². The first-order chi connectivity index (χ1) is 8.11. The fourth-order valence-electron chi connectivity index (χ4n) is 2.51. The van der Waals surface area contributed by atoms with Gasteiger partial charge in [-0.1, -0.05) is 15.9 Å². The number of hydrogen-bond donors (Lipinski definition) is 0. The Labute approximate surface area is 120 Å². The first kappa shape index (κ1) is 13.6. The molecule has 2 heterocycles. The lowest BCUT2D eigenvalue weighted by Gasteiger charge is -2.16. The number of hydrogen-bond acceptors (Lipinski definition) is 2. The van der Waals surface area contributed by atoms with E-state index >= 15 is 0 Å². The molecule has 0 N–H and O–H groups in total. The second-order valence-corrected chi connectivity index (χ2v) is 6.42. The highest BCUT2D eigenvalue weighted by molar-refractivity contribution is 9.10. The highest BCUT2D eigenvalue weighted by Gasteiger charge is 2.23. The highest BCUT2D eigenvalue weighted by Crippen LogP contribution is 2.26. The van der Waals surface area contributed by atoms with Crippen molar-refractivity contribution in [3.05, 3.63) is 15.9 Å². The van der Waals surface area contributed by atoms with Gasteiger partial charge < -0.3 is 0 Å². The quantitative estimate of drug-likeness (QED) is 0.765. The van der Waals surface area contributed by atoms with Gasteiger partial charge >= 0.3 is 0 Å². The standard InChI is InChI=1S/C12H19Br2N3/c1-9-12(14)11(16(2)15-9)8-17-6-4-10(7-17)3-5-13/h10H,3-8H2,1-2H3. The predicted molar refractivity (Wildman–Crippen MR) is 77.4 cm³/mol. The normalized spacial score (nSPS) is 21.3. The lowest BCUT2D eigenvalue weighted by Crippen LogP contribution is -2.22. The van der Waals surface area contributed by atoms with Gasteiger partial charge in [0.15, 0.2) is 0 Å². The Morgan fingerprint density at radius 3 is 2.82 bits per heavy atom. The number of nitrogens with zero attached hydrogens (tertiary/aromatic N) is 3. The Morgan fingerprint density at radius 1 is 1.47 bits per heavy atom. The monoisotopic (exact) mass is 363 g/mol. The summed E-state index contributed by atoms with van der Waals surface area (Å²) < 4.78 is 3.17. The van der Waals surface area contributed by atoms with Gasteiger partial charge in [0.1, 0.15) is 0 Å². The fraction of sp³-hybridized carbons (Fsp3) is 0.750. The average molecular weight is 365 g/mol. The van der Waals surface area contributed by atoms with Gasteiger partial charge in [-0.3, -0.25) is 9.58 Å². The summed E-state index contributed by atoms with van der Waals surface area (Å²) in [6.07, 6.45) is 2.63. The van der Waals surface area contributed by atoms with E-state index in [1.54, 1.807) is 0 Å². The molecule has 1 aliphatic rings. The third-order valence-corrected chi connectivity index (χ3v) is 5.01. The van der Waals surface area contributed by atoms with Crippen LogP contribution in [0.1, 0.15) is 24.2 Å². The molecule has 17 heavy (non-hydrogen) atoms. The number of aromatic nitrogens is 2. The van der Waals surface area contributed by atoms with Gasteiger partial charge in [-0.05, 0) is 48.2 Å². The van der Waals surface area contributed by atoms with Gasteiger partial charge in [0.2, 0.25) is 0 Å². The van der Waals surface area contributed by atoms with Gasteiger partial charge in [-0.25, -0.2) is 0 Å². The topological polar surface area (TPSA) is 21.1 Å². The number of aryl methyl sites for hydroxylation is 2. The van der Waals surface area contributed by atoms with Crippen molar-refractivity contribution in [3.8, 4) is 0 Å². The van der Waals surface area contributed by atoms with Crippen LogP contribution in [0.5, 0.6) is 0 Å². The van der Waals surface area contributed by atoms with Crippen molar-refractivity contribution in [2.75, 3.05) is 18.4 Å². The van der Waals surface area contributed by atoms with Crippen molar-refractivity contribution in [2.45, 2.75) is 26.3 Å². The summed E-state index contributed by atoms with van der Waals surface area (Å²) in [7, 11) is 2.03. The summed E-state index contributed by atoms with van der Waals surface area (Å²) in [4.78, 5) is 2.54. The van der Waals surface area contributed by atoms with E-state index in [1.165, 1.54) is 36.1 Å². The number of alkyl halides is 1. The molecule has 0 spiro atoms. The van der Waals surface area contributed by atoms with Gasteiger partial charge in [-0.15, -0.1) is 0 Å². The minimum absolute atomic E-state index is 0.863. The van der Waals surface area contributed by atoms with Crippen LogP contribution in [0.2, 0.25) is 0 Å². The van der Waals surface area contributed by atoms with E-state index < -0.39 is 0 Å². The molecule has 0 aromatic carbocycles. The van der Waals surface area contributed by atoms with Crippen molar-refractivity contribution in [3.63, 3.8) is 0 Å². The van der Waals surface area contributed by atoms with Crippen LogP contribution in [0, 0.1) is 12.8 Å². The lowest BCUT2D eigenvalue weighted by atomic mass is 10.1. The van der Waals surface area contributed by atoms with Crippen LogP contribution in [-0.2, 0) is 13.6 Å². The molecule has 1 aliphatic heterocycles. The van der Waals surface area contributed by atoms with Gasteiger partial charge in [-0.2, -0.15) is 5.10 Å². The summed E-state index contributed by atoms with van der Waals surface area (Å²) in [5.74, 6) is 0.863. The molecule has 1 aromatic rings. The van der Waals surface area contributed by atoms with Crippen LogP contribution in [0.15, 0.2) is 4.47 Å². The highest BCUT2D eigenvalue weighted by atomic mass is 79.9. The van der Waals surface area contributed by atoms with Crippen LogP contribution >= 0.6 is 31.9 Å². The molecular formula is C12H19Br2N3. The minimum atomic E-state index is 0.863. The Kier molecular flexibility index (Phi) is 4.66. The van der Waals surface area contributed by atoms with E-state index in [4.69, 9.17) is 0 Å². The molecular weight excluding hydrogens is 346 g/mol. The Hall–Kier alpha value is 0.130. The zero-order valence-electron chi connectivity index (χ0n) is 10.4. The maximum atomic E-state index is 4.44. The summed E-state index contributed by atoms with van der Waals surface area (Å²) >= 11 is 7.17. The molecule has 3 nitrogen and oxygen atoms in total. The summed E-state index contributed by atoms with van der Waals surface area (Å²) in [6.45, 7) is 5.50. The molecule has 0 aliphatic carbocycles. The zero-order chi connectivity index (χ0) is 12.4. The molecule has 0 saturated carbocycles. The van der Waals surface area contributed by atoms with E-state index in [0.29, 0.717) is 0 Å². The Balaban J connectivity index is 1.98. The van der Waals surface area contributed by atoms with Crippen LogP contribution in [0.4, 0.5) is 0 Å². The number of halogens is 2. The fourth-order valence-corrected chi connectivity index (χ4v) is 3.62. The molecule has 1 fully saturated rings. The predicted octanol–water partition coefficient (Wildman–Crippen LogP) is 3.10. The maximum Gasteiger partial charge on any atom is 0.0739 e. The van der Waals surface area contributed by atoms with E-state index in [9.17, 15) is 0 Å². The third kappa shape index (κ3) is 3.12. The molecule has 1 saturated heterocycles. The van der Waals surface area contributed by atoms with Crippen LogP contribution in [0.3, 0.4) is 0 Å². The smallest absolute Gasteiger partial charge is 0.0739 e. The van der Waals surface area contributed by atoms with E-state index in [-0.39, 0.29) is 0 Å². The summed E-state index contributed by atoms with van der Waals surface area (Å²) in [5.41, 5.74) is 2.38. The van der Waals surface area contributed by atoms with Gasteiger partial charge in [0.25, 0.3) is 0 Å². The zero-order valence-corrected chi connectivity index (χ0v) is 13.6. The molecule has 1 unspecified atom stereocenters. The Morgan fingerprint density at radius 2 is 2.24 bits per heavy atom. The molecule has 0 amide bonds. The van der Waals surface area contributed by atoms with Gasteiger partial charge in [0.05, 0.1) is 15.9 Å².